The number of nitrogens with zero attached hydrogens (tertiary/aromatic N) is 5. The molecule has 2 fully saturated rings. The lowest BCUT2D eigenvalue weighted by atomic mass is 9.84. The smallest absolute Gasteiger partial charge is 0.242 e. The van der Waals surface area contributed by atoms with Crippen molar-refractivity contribution in [2.24, 2.45) is 5.92 Å². The van der Waals surface area contributed by atoms with Crippen LogP contribution in [0.1, 0.15) is 38.5 Å². The van der Waals surface area contributed by atoms with Crippen molar-refractivity contribution in [1.82, 2.24) is 24.9 Å². The normalized spacial score (nSPS) is 23.2. The molecule has 1 saturated heterocycles. The molecule has 1 aliphatic heterocycles. The van der Waals surface area contributed by atoms with Crippen LogP contribution in [0.2, 0.25) is 0 Å². The molecular formula is C16H22N6O. The quantitative estimate of drug-likeness (QED) is 0.927. The van der Waals surface area contributed by atoms with Crippen molar-refractivity contribution >= 4 is 17.4 Å². The van der Waals surface area contributed by atoms with Gasteiger partial charge in [-0.15, -0.1) is 10.2 Å². The molecule has 3 heterocycles. The number of hydrogen-bond acceptors (Lipinski definition) is 5. The molecule has 1 atom stereocenters. The van der Waals surface area contributed by atoms with Gasteiger partial charge in [0.15, 0.2) is 5.82 Å². The van der Waals surface area contributed by atoms with Crippen LogP contribution in [0.15, 0.2) is 18.7 Å². The standard InChI is InChI=1S/C16H22N6O/c23-16-13(10-12-4-2-1-3-5-12)22(9-7-18-16)14-15-20-19-11-21(15)8-6-17-14/h6,8,11-13H,1-5,7,9-10H2,(H,18,23)/t13-/m0/s1. The van der Waals surface area contributed by atoms with Crippen LogP contribution in [0.3, 0.4) is 0 Å². The molecule has 2 aliphatic rings. The lowest BCUT2D eigenvalue weighted by Crippen LogP contribution is -2.56. The molecule has 7 heteroatoms. The molecule has 7 nitrogen and oxygen atoms in total. The molecule has 2 aromatic rings. The highest BCUT2D eigenvalue weighted by Crippen LogP contribution is 2.31. The summed E-state index contributed by atoms with van der Waals surface area (Å²) < 4.78 is 1.85. The second kappa shape index (κ2) is 6.14. The van der Waals surface area contributed by atoms with E-state index in [4.69, 9.17) is 0 Å². The maximum absolute atomic E-state index is 12.5. The highest BCUT2D eigenvalue weighted by molar-refractivity contribution is 5.87. The first-order valence-corrected chi connectivity index (χ1v) is 8.51. The Balaban J connectivity index is 1.64. The third-order valence-corrected chi connectivity index (χ3v) is 5.08. The van der Waals surface area contributed by atoms with Crippen molar-refractivity contribution in [3.8, 4) is 0 Å². The molecule has 2 aromatic heterocycles. The monoisotopic (exact) mass is 314 g/mol. The molecule has 0 unspecified atom stereocenters. The van der Waals surface area contributed by atoms with Gasteiger partial charge in [-0.1, -0.05) is 32.1 Å². The van der Waals surface area contributed by atoms with Crippen LogP contribution in [0.25, 0.3) is 5.65 Å². The fourth-order valence-corrected chi connectivity index (χ4v) is 3.89. The van der Waals surface area contributed by atoms with Crippen molar-refractivity contribution in [2.45, 2.75) is 44.6 Å². The first-order chi connectivity index (χ1) is 11.3. The maximum Gasteiger partial charge on any atom is 0.242 e. The second-order valence-corrected chi connectivity index (χ2v) is 6.55. The van der Waals surface area contributed by atoms with Crippen LogP contribution in [-0.4, -0.2) is 44.6 Å². The third-order valence-electron chi connectivity index (χ3n) is 5.08. The molecule has 0 bridgehead atoms. The van der Waals surface area contributed by atoms with E-state index in [1.807, 2.05) is 10.6 Å². The topological polar surface area (TPSA) is 75.4 Å². The number of piperazine rings is 1. The number of hydrogen-bond donors (Lipinski definition) is 1. The molecule has 1 amide bonds. The van der Waals surface area contributed by atoms with Gasteiger partial charge in [0, 0.05) is 25.5 Å². The number of carbonyl (C=O) groups excluding carboxylic acids is 1. The van der Waals surface area contributed by atoms with Crippen molar-refractivity contribution in [3.05, 3.63) is 18.7 Å². The van der Waals surface area contributed by atoms with Crippen LogP contribution < -0.4 is 10.2 Å². The summed E-state index contributed by atoms with van der Waals surface area (Å²) in [5.74, 6) is 1.52. The summed E-state index contributed by atoms with van der Waals surface area (Å²) in [5.41, 5.74) is 0.718. The number of aromatic nitrogens is 4. The largest absolute Gasteiger partial charge is 0.353 e. The summed E-state index contributed by atoms with van der Waals surface area (Å²) in [5, 5.41) is 11.2. The molecule has 0 radical (unpaired) electrons. The minimum atomic E-state index is -0.151. The Kier molecular flexibility index (Phi) is 3.85. The van der Waals surface area contributed by atoms with Gasteiger partial charge in [0.05, 0.1) is 0 Å². The number of anilines is 1. The van der Waals surface area contributed by atoms with Gasteiger partial charge < -0.3 is 10.2 Å². The van der Waals surface area contributed by atoms with E-state index in [1.54, 1.807) is 12.5 Å². The molecule has 1 saturated carbocycles. The number of amides is 1. The second-order valence-electron chi connectivity index (χ2n) is 6.55. The Labute approximate surface area is 135 Å². The Morgan fingerprint density at radius 3 is 3.00 bits per heavy atom. The maximum atomic E-state index is 12.5. The van der Waals surface area contributed by atoms with Gasteiger partial charge in [-0.3, -0.25) is 9.20 Å². The van der Waals surface area contributed by atoms with Gasteiger partial charge in [-0.05, 0) is 12.3 Å². The number of rotatable bonds is 3. The molecule has 23 heavy (non-hydrogen) atoms. The van der Waals surface area contributed by atoms with E-state index in [0.717, 1.165) is 24.4 Å². The lowest BCUT2D eigenvalue weighted by molar-refractivity contribution is -0.123. The Morgan fingerprint density at radius 1 is 1.26 bits per heavy atom. The van der Waals surface area contributed by atoms with Crippen LogP contribution in [0.5, 0.6) is 0 Å². The molecule has 1 N–H and O–H groups in total. The van der Waals surface area contributed by atoms with Gasteiger partial charge >= 0.3 is 0 Å². The Bertz CT molecular complexity index is 693. The van der Waals surface area contributed by atoms with Gasteiger partial charge in [0.1, 0.15) is 12.4 Å². The van der Waals surface area contributed by atoms with Crippen LogP contribution in [-0.2, 0) is 4.79 Å². The zero-order valence-electron chi connectivity index (χ0n) is 13.2. The van der Waals surface area contributed by atoms with E-state index < -0.39 is 0 Å². The Morgan fingerprint density at radius 2 is 2.13 bits per heavy atom. The Hall–Kier alpha value is -2.18. The summed E-state index contributed by atoms with van der Waals surface area (Å²) in [6.07, 6.45) is 12.5. The molecular weight excluding hydrogens is 292 g/mol. The average molecular weight is 314 g/mol. The molecule has 122 valence electrons. The van der Waals surface area contributed by atoms with Gasteiger partial charge in [0.2, 0.25) is 11.6 Å². The van der Waals surface area contributed by atoms with E-state index in [2.05, 4.69) is 25.4 Å². The third kappa shape index (κ3) is 2.75. The summed E-state index contributed by atoms with van der Waals surface area (Å²) >= 11 is 0. The van der Waals surface area contributed by atoms with Crippen LogP contribution in [0.4, 0.5) is 5.82 Å². The summed E-state index contributed by atoms with van der Waals surface area (Å²) in [7, 11) is 0. The van der Waals surface area contributed by atoms with Gasteiger partial charge in [-0.2, -0.15) is 0 Å². The van der Waals surface area contributed by atoms with Crippen LogP contribution >= 0.6 is 0 Å². The molecule has 0 spiro atoms. The first kappa shape index (κ1) is 14.4. The average Bonchev–Trinajstić information content (AvgIpc) is 3.06. The predicted octanol–water partition coefficient (Wildman–Crippen LogP) is 1.40. The zero-order chi connectivity index (χ0) is 15.6. The van der Waals surface area contributed by atoms with Crippen LogP contribution in [0, 0.1) is 5.92 Å². The minimum Gasteiger partial charge on any atom is -0.353 e. The highest BCUT2D eigenvalue weighted by atomic mass is 16.2. The first-order valence-electron chi connectivity index (χ1n) is 8.51. The van der Waals surface area contributed by atoms with E-state index in [0.29, 0.717) is 12.5 Å². The van der Waals surface area contributed by atoms with Crippen molar-refractivity contribution in [1.29, 1.82) is 0 Å². The van der Waals surface area contributed by atoms with E-state index in [9.17, 15) is 4.79 Å². The van der Waals surface area contributed by atoms with Gasteiger partial charge in [-0.25, -0.2) is 4.98 Å². The van der Waals surface area contributed by atoms with Crippen molar-refractivity contribution in [3.63, 3.8) is 0 Å². The summed E-state index contributed by atoms with van der Waals surface area (Å²) in [6.45, 7) is 1.42. The van der Waals surface area contributed by atoms with Crippen molar-refractivity contribution < 1.29 is 4.79 Å². The van der Waals surface area contributed by atoms with E-state index in [-0.39, 0.29) is 11.9 Å². The summed E-state index contributed by atoms with van der Waals surface area (Å²) in [6, 6.07) is -0.151. The molecule has 4 rings (SSSR count). The SMILES string of the molecule is O=C1NCCN(c2nccn3cnnc23)[C@H]1CC1CCCCC1. The zero-order valence-corrected chi connectivity index (χ0v) is 13.2. The van der Waals surface area contributed by atoms with E-state index in [1.165, 1.54) is 32.1 Å². The number of carbonyl (C=O) groups is 1. The van der Waals surface area contributed by atoms with Gasteiger partial charge in [0.25, 0.3) is 0 Å². The minimum absolute atomic E-state index is 0.116. The predicted molar refractivity (Wildman–Crippen MR) is 86.1 cm³/mol. The van der Waals surface area contributed by atoms with Crippen molar-refractivity contribution in [2.75, 3.05) is 18.0 Å². The fourth-order valence-electron chi connectivity index (χ4n) is 3.89. The summed E-state index contributed by atoms with van der Waals surface area (Å²) in [4.78, 5) is 19.1. The molecule has 1 aliphatic carbocycles. The highest BCUT2D eigenvalue weighted by Gasteiger charge is 2.34. The molecule has 0 aromatic carbocycles. The number of nitrogens with one attached hydrogen (secondary N) is 1. The van der Waals surface area contributed by atoms with E-state index >= 15 is 0 Å². The number of fused-ring (bicyclic) bond motifs is 1. The lowest BCUT2D eigenvalue weighted by Gasteiger charge is -2.38. The fraction of sp³-hybridized carbons (Fsp3) is 0.625.